The molecule has 3 aromatic rings. The van der Waals surface area contributed by atoms with Crippen LogP contribution in [0.4, 0.5) is 5.69 Å². The van der Waals surface area contributed by atoms with Gasteiger partial charge >= 0.3 is 0 Å². The number of hydrogen-bond acceptors (Lipinski definition) is 5. The molecule has 0 atom stereocenters. The first kappa shape index (κ1) is 17.3. The summed E-state index contributed by atoms with van der Waals surface area (Å²) in [6, 6.07) is 13.1. The second-order valence-corrected chi connectivity index (χ2v) is 5.83. The van der Waals surface area contributed by atoms with Gasteiger partial charge in [-0.05, 0) is 12.1 Å². The molecule has 0 N–H and O–H groups in total. The van der Waals surface area contributed by atoms with Crippen LogP contribution < -0.4 is 5.56 Å². The lowest BCUT2D eigenvalue weighted by atomic mass is 10.1. The van der Waals surface area contributed by atoms with Crippen LogP contribution in [-0.4, -0.2) is 32.3 Å². The van der Waals surface area contributed by atoms with E-state index in [1.165, 1.54) is 21.9 Å². The standard InChI is InChI=1S/C18H16N4O4/c1-20(10-13-6-2-5-9-16(13)22(25)26)17(23)11-21-12-19-15-8-4-3-7-14(15)18(21)24/h2-9,12H,10-11H2,1H3. The van der Waals surface area contributed by atoms with Gasteiger partial charge < -0.3 is 4.90 Å². The Morgan fingerprint density at radius 3 is 2.65 bits per heavy atom. The highest BCUT2D eigenvalue weighted by Crippen LogP contribution is 2.19. The number of rotatable bonds is 5. The molecule has 0 saturated carbocycles. The van der Waals surface area contributed by atoms with Crippen molar-refractivity contribution < 1.29 is 9.72 Å². The number of benzene rings is 2. The molecule has 8 heteroatoms. The number of nitrogens with zero attached hydrogens (tertiary/aromatic N) is 4. The minimum Gasteiger partial charge on any atom is -0.340 e. The normalized spacial score (nSPS) is 10.7. The highest BCUT2D eigenvalue weighted by molar-refractivity contribution is 5.78. The number of hydrogen-bond donors (Lipinski definition) is 0. The molecule has 26 heavy (non-hydrogen) atoms. The van der Waals surface area contributed by atoms with Crippen molar-refractivity contribution in [1.29, 1.82) is 0 Å². The number of carbonyl (C=O) groups is 1. The number of nitro benzene ring substituents is 1. The summed E-state index contributed by atoms with van der Waals surface area (Å²) < 4.78 is 1.24. The van der Waals surface area contributed by atoms with Crippen molar-refractivity contribution >= 4 is 22.5 Å². The summed E-state index contributed by atoms with van der Waals surface area (Å²) in [5, 5.41) is 11.5. The first-order valence-electron chi connectivity index (χ1n) is 7.88. The van der Waals surface area contributed by atoms with E-state index >= 15 is 0 Å². The summed E-state index contributed by atoms with van der Waals surface area (Å²) in [4.78, 5) is 41.0. The molecule has 2 aromatic carbocycles. The molecule has 0 saturated heterocycles. The van der Waals surface area contributed by atoms with Crippen molar-refractivity contribution in [2.75, 3.05) is 7.05 Å². The van der Waals surface area contributed by atoms with Crippen molar-refractivity contribution in [2.24, 2.45) is 0 Å². The Kier molecular flexibility index (Phi) is 4.74. The number of para-hydroxylation sites is 2. The van der Waals surface area contributed by atoms with Gasteiger partial charge in [-0.25, -0.2) is 4.98 Å². The predicted octanol–water partition coefficient (Wildman–Crippen LogP) is 1.96. The van der Waals surface area contributed by atoms with Crippen molar-refractivity contribution in [3.05, 3.63) is 80.9 Å². The lowest BCUT2D eigenvalue weighted by molar-refractivity contribution is -0.385. The molecule has 3 rings (SSSR count). The largest absolute Gasteiger partial charge is 0.340 e. The SMILES string of the molecule is CN(Cc1ccccc1[N+](=O)[O-])C(=O)Cn1cnc2ccccc2c1=O. The predicted molar refractivity (Wildman–Crippen MR) is 95.6 cm³/mol. The third-order valence-electron chi connectivity index (χ3n) is 4.06. The van der Waals surface area contributed by atoms with E-state index in [2.05, 4.69) is 4.98 Å². The zero-order chi connectivity index (χ0) is 18.7. The molecule has 0 spiro atoms. The summed E-state index contributed by atoms with van der Waals surface area (Å²) in [6.45, 7) is -0.112. The number of aromatic nitrogens is 2. The molecule has 0 fully saturated rings. The van der Waals surface area contributed by atoms with Crippen LogP contribution in [0.15, 0.2) is 59.7 Å². The smallest absolute Gasteiger partial charge is 0.274 e. The Bertz CT molecular complexity index is 1040. The summed E-state index contributed by atoms with van der Waals surface area (Å²) in [7, 11) is 1.54. The van der Waals surface area contributed by atoms with E-state index in [-0.39, 0.29) is 30.2 Å². The van der Waals surface area contributed by atoms with Crippen LogP contribution in [0.25, 0.3) is 10.9 Å². The van der Waals surface area contributed by atoms with Gasteiger partial charge in [0, 0.05) is 18.7 Å². The van der Waals surface area contributed by atoms with Crippen molar-refractivity contribution in [3.63, 3.8) is 0 Å². The van der Waals surface area contributed by atoms with E-state index in [1.807, 2.05) is 0 Å². The molecule has 0 aliphatic carbocycles. The maximum Gasteiger partial charge on any atom is 0.274 e. The molecule has 1 aromatic heterocycles. The summed E-state index contributed by atoms with van der Waals surface area (Å²) in [5.74, 6) is -0.345. The quantitative estimate of drug-likeness (QED) is 0.516. The van der Waals surface area contributed by atoms with Gasteiger partial charge in [-0.2, -0.15) is 0 Å². The number of nitro groups is 1. The molecule has 0 aliphatic heterocycles. The number of amides is 1. The average molecular weight is 352 g/mol. The van der Waals surface area contributed by atoms with E-state index < -0.39 is 4.92 Å². The fourth-order valence-corrected chi connectivity index (χ4v) is 2.65. The molecule has 0 unspecified atom stereocenters. The Balaban J connectivity index is 1.79. The average Bonchev–Trinajstić information content (AvgIpc) is 2.64. The van der Waals surface area contributed by atoms with Gasteiger partial charge in [-0.1, -0.05) is 30.3 Å². The minimum absolute atomic E-state index is 0.0447. The van der Waals surface area contributed by atoms with Gasteiger partial charge in [0.05, 0.1) is 28.7 Å². The summed E-state index contributed by atoms with van der Waals surface area (Å²) in [6.07, 6.45) is 1.33. The van der Waals surface area contributed by atoms with Gasteiger partial charge in [0.1, 0.15) is 6.54 Å². The van der Waals surface area contributed by atoms with Crippen LogP contribution in [0.2, 0.25) is 0 Å². The van der Waals surface area contributed by atoms with Crippen molar-refractivity contribution in [3.8, 4) is 0 Å². The number of fused-ring (bicyclic) bond motifs is 1. The van der Waals surface area contributed by atoms with Crippen molar-refractivity contribution in [1.82, 2.24) is 14.5 Å². The first-order valence-corrected chi connectivity index (χ1v) is 7.88. The summed E-state index contributed by atoms with van der Waals surface area (Å²) >= 11 is 0. The Morgan fingerprint density at radius 1 is 1.19 bits per heavy atom. The van der Waals surface area contributed by atoms with Gasteiger partial charge in [0.25, 0.3) is 11.2 Å². The minimum atomic E-state index is -0.481. The third-order valence-corrected chi connectivity index (χ3v) is 4.06. The first-order chi connectivity index (χ1) is 12.5. The maximum absolute atomic E-state index is 12.5. The Morgan fingerprint density at radius 2 is 1.88 bits per heavy atom. The van der Waals surface area contributed by atoms with E-state index in [9.17, 15) is 19.7 Å². The van der Waals surface area contributed by atoms with E-state index in [4.69, 9.17) is 0 Å². The third kappa shape index (κ3) is 3.44. The Labute approximate surface area is 148 Å². The monoisotopic (exact) mass is 352 g/mol. The summed E-state index contributed by atoms with van der Waals surface area (Å²) in [5.41, 5.74) is 0.645. The van der Waals surface area contributed by atoms with Crippen LogP contribution >= 0.6 is 0 Å². The fraction of sp³-hybridized carbons (Fsp3) is 0.167. The molecule has 0 bridgehead atoms. The second kappa shape index (κ2) is 7.14. The molecule has 0 radical (unpaired) electrons. The number of carbonyl (C=O) groups excluding carboxylic acids is 1. The molecule has 1 amide bonds. The van der Waals surface area contributed by atoms with Crippen LogP contribution in [0, 0.1) is 10.1 Å². The highest BCUT2D eigenvalue weighted by atomic mass is 16.6. The molecule has 8 nitrogen and oxygen atoms in total. The fourth-order valence-electron chi connectivity index (χ4n) is 2.65. The molecule has 0 aliphatic rings. The molecular weight excluding hydrogens is 336 g/mol. The van der Waals surface area contributed by atoms with Crippen LogP contribution in [0.5, 0.6) is 0 Å². The van der Waals surface area contributed by atoms with Gasteiger partial charge in [0.2, 0.25) is 5.91 Å². The number of likely N-dealkylation sites (N-methyl/N-ethyl adjacent to an activating group) is 1. The highest BCUT2D eigenvalue weighted by Gasteiger charge is 2.17. The topological polar surface area (TPSA) is 98.3 Å². The maximum atomic E-state index is 12.5. The van der Waals surface area contributed by atoms with E-state index in [1.54, 1.807) is 49.5 Å². The van der Waals surface area contributed by atoms with Crippen LogP contribution in [0.1, 0.15) is 5.56 Å². The zero-order valence-electron chi connectivity index (χ0n) is 14.0. The molecule has 1 heterocycles. The van der Waals surface area contributed by atoms with Gasteiger partial charge in [-0.3, -0.25) is 24.3 Å². The zero-order valence-corrected chi connectivity index (χ0v) is 14.0. The Hall–Kier alpha value is -3.55. The second-order valence-electron chi connectivity index (χ2n) is 5.83. The van der Waals surface area contributed by atoms with E-state index in [0.29, 0.717) is 16.5 Å². The molecule has 132 valence electrons. The molecular formula is C18H16N4O4. The lowest BCUT2D eigenvalue weighted by Crippen LogP contribution is -2.33. The van der Waals surface area contributed by atoms with Crippen LogP contribution in [-0.2, 0) is 17.9 Å². The van der Waals surface area contributed by atoms with Gasteiger partial charge in [-0.15, -0.1) is 0 Å². The van der Waals surface area contributed by atoms with Gasteiger partial charge in [0.15, 0.2) is 0 Å². The van der Waals surface area contributed by atoms with E-state index in [0.717, 1.165) is 0 Å². The van der Waals surface area contributed by atoms with Crippen molar-refractivity contribution in [2.45, 2.75) is 13.1 Å². The van der Waals surface area contributed by atoms with Crippen LogP contribution in [0.3, 0.4) is 0 Å². The lowest BCUT2D eigenvalue weighted by Gasteiger charge is -2.18.